The van der Waals surface area contributed by atoms with Crippen LogP contribution in [0.4, 0.5) is 0 Å². The van der Waals surface area contributed by atoms with Gasteiger partial charge in [0.05, 0.1) is 19.1 Å². The third-order valence-corrected chi connectivity index (χ3v) is 7.08. The Bertz CT molecular complexity index is 1440. The molecule has 16 nitrogen and oxygen atoms in total. The van der Waals surface area contributed by atoms with Gasteiger partial charge in [0.25, 0.3) is 0 Å². The van der Waals surface area contributed by atoms with E-state index >= 15 is 0 Å². The third-order valence-electron chi connectivity index (χ3n) is 7.08. The maximum absolute atomic E-state index is 13.6. The van der Waals surface area contributed by atoms with Crippen LogP contribution in [0.3, 0.4) is 0 Å². The molecule has 6 amide bonds. The number of nitrogens with two attached hydrogens (primary N) is 2. The molecule has 0 heterocycles. The standard InChI is InChI=1S/C32H43N7O9/c1-18(2)28(32(47)48)39-27(43)17-36-30(45)23(15-20-8-10-21(40)11-9-20)38-31(46)24(14-19-6-4-3-5-7-19)37-26(42)16-35-29(44)22(33)12-13-25(34)41/h3-11,18,22-24,28,40H,12-17,33H2,1-2H3,(H2,34,41)(H,35,44)(H,36,45)(H,37,42)(H,38,46)(H,39,43)(H,47,48)/t22-,23-,24-,28-/m0/s1. The summed E-state index contributed by atoms with van der Waals surface area (Å²) in [5.74, 6) is -6.05. The zero-order chi connectivity index (χ0) is 35.8. The number of amides is 6. The second-order valence-corrected chi connectivity index (χ2v) is 11.4. The summed E-state index contributed by atoms with van der Waals surface area (Å²) in [7, 11) is 0. The Morgan fingerprint density at radius 1 is 0.708 bits per heavy atom. The van der Waals surface area contributed by atoms with E-state index < -0.39 is 84.6 Å². The van der Waals surface area contributed by atoms with Crippen LogP contribution >= 0.6 is 0 Å². The quantitative estimate of drug-likeness (QED) is 0.0809. The van der Waals surface area contributed by atoms with Gasteiger partial charge in [-0.25, -0.2) is 4.79 Å². The second-order valence-electron chi connectivity index (χ2n) is 11.4. The third kappa shape index (κ3) is 13.9. The van der Waals surface area contributed by atoms with Gasteiger partial charge in [0.2, 0.25) is 35.4 Å². The molecule has 0 radical (unpaired) electrons. The van der Waals surface area contributed by atoms with Crippen molar-refractivity contribution in [2.45, 2.75) is 63.7 Å². The molecule has 2 aromatic carbocycles. The van der Waals surface area contributed by atoms with Crippen molar-refractivity contribution in [3.63, 3.8) is 0 Å². The molecule has 0 fully saturated rings. The van der Waals surface area contributed by atoms with Crippen molar-refractivity contribution < 1.29 is 43.8 Å². The number of hydrogen-bond donors (Lipinski definition) is 9. The molecule has 0 aliphatic carbocycles. The molecule has 0 aliphatic heterocycles. The number of carboxylic acids is 1. The average Bonchev–Trinajstić information content (AvgIpc) is 3.04. The van der Waals surface area contributed by atoms with Gasteiger partial charge in [-0.05, 0) is 35.6 Å². The van der Waals surface area contributed by atoms with E-state index in [1.807, 2.05) is 0 Å². The number of nitrogens with one attached hydrogen (secondary N) is 5. The summed E-state index contributed by atoms with van der Waals surface area (Å²) in [6.07, 6.45) is -0.211. The van der Waals surface area contributed by atoms with E-state index in [1.165, 1.54) is 24.3 Å². The summed E-state index contributed by atoms with van der Waals surface area (Å²) >= 11 is 0. The van der Waals surface area contributed by atoms with Crippen molar-refractivity contribution in [2.24, 2.45) is 17.4 Å². The van der Waals surface area contributed by atoms with E-state index in [-0.39, 0.29) is 31.4 Å². The number of carbonyl (C=O) groups excluding carboxylic acids is 6. The molecule has 2 aromatic rings. The minimum absolute atomic E-state index is 0.00617. The predicted molar refractivity (Wildman–Crippen MR) is 173 cm³/mol. The Morgan fingerprint density at radius 3 is 1.77 bits per heavy atom. The maximum Gasteiger partial charge on any atom is 0.326 e. The van der Waals surface area contributed by atoms with Crippen LogP contribution in [0.1, 0.15) is 37.8 Å². The smallest absolute Gasteiger partial charge is 0.326 e. The van der Waals surface area contributed by atoms with Crippen LogP contribution in [0.5, 0.6) is 5.75 Å². The molecule has 0 spiro atoms. The number of benzene rings is 2. The number of aromatic hydroxyl groups is 1. The van der Waals surface area contributed by atoms with Crippen molar-refractivity contribution in [3.05, 3.63) is 65.7 Å². The van der Waals surface area contributed by atoms with Gasteiger partial charge in [0.15, 0.2) is 0 Å². The topological polar surface area (TPSA) is 272 Å². The lowest BCUT2D eigenvalue weighted by Crippen LogP contribution is -2.57. The highest BCUT2D eigenvalue weighted by molar-refractivity contribution is 5.95. The van der Waals surface area contributed by atoms with Crippen LogP contribution in [0.2, 0.25) is 0 Å². The fourth-order valence-corrected chi connectivity index (χ4v) is 4.41. The summed E-state index contributed by atoms with van der Waals surface area (Å²) < 4.78 is 0. The summed E-state index contributed by atoms with van der Waals surface area (Å²) in [6.45, 7) is 2.10. The molecule has 0 bridgehead atoms. The number of primary amides is 1. The largest absolute Gasteiger partial charge is 0.508 e. The van der Waals surface area contributed by atoms with Gasteiger partial charge >= 0.3 is 5.97 Å². The van der Waals surface area contributed by atoms with E-state index in [1.54, 1.807) is 44.2 Å². The minimum Gasteiger partial charge on any atom is -0.508 e. The van der Waals surface area contributed by atoms with Gasteiger partial charge in [-0.3, -0.25) is 28.8 Å². The van der Waals surface area contributed by atoms with Crippen LogP contribution < -0.4 is 38.1 Å². The minimum atomic E-state index is -1.27. The lowest BCUT2D eigenvalue weighted by atomic mass is 10.0. The molecule has 0 unspecified atom stereocenters. The number of rotatable bonds is 19. The highest BCUT2D eigenvalue weighted by Gasteiger charge is 2.29. The molecule has 4 atom stereocenters. The predicted octanol–water partition coefficient (Wildman–Crippen LogP) is -1.80. The van der Waals surface area contributed by atoms with Gasteiger partial charge in [-0.2, -0.15) is 0 Å². The number of hydrogen-bond acceptors (Lipinski definition) is 9. The molecule has 0 saturated carbocycles. The number of aliphatic carboxylic acids is 1. The van der Waals surface area contributed by atoms with Gasteiger partial charge in [0, 0.05) is 19.3 Å². The van der Waals surface area contributed by atoms with Crippen molar-refractivity contribution >= 4 is 41.4 Å². The summed E-state index contributed by atoms with van der Waals surface area (Å²) in [5, 5.41) is 31.3. The van der Waals surface area contributed by atoms with Crippen molar-refractivity contribution in [3.8, 4) is 5.75 Å². The first-order valence-electron chi connectivity index (χ1n) is 15.2. The van der Waals surface area contributed by atoms with E-state index in [0.29, 0.717) is 11.1 Å². The van der Waals surface area contributed by atoms with Crippen LogP contribution in [0, 0.1) is 5.92 Å². The Hall–Kier alpha value is -5.51. The SMILES string of the molecule is CC(C)[C@H](NC(=O)CNC(=O)[C@H](Cc1ccc(O)cc1)NC(=O)[C@H](Cc1ccccc1)NC(=O)CNC(=O)[C@@H](N)CCC(N)=O)C(=O)O. The van der Waals surface area contributed by atoms with Crippen LogP contribution in [0.25, 0.3) is 0 Å². The summed E-state index contributed by atoms with van der Waals surface area (Å²) in [4.78, 5) is 86.9. The molecular weight excluding hydrogens is 626 g/mol. The van der Waals surface area contributed by atoms with Crippen LogP contribution in [-0.2, 0) is 46.4 Å². The number of carboxylic acid groups (broad SMARTS) is 1. The Labute approximate surface area is 277 Å². The molecule has 48 heavy (non-hydrogen) atoms. The summed E-state index contributed by atoms with van der Waals surface area (Å²) in [5.41, 5.74) is 12.0. The Morgan fingerprint density at radius 2 is 1.23 bits per heavy atom. The molecule has 0 saturated heterocycles. The molecule has 16 heteroatoms. The number of phenolic OH excluding ortho intramolecular Hbond substituents is 1. The van der Waals surface area contributed by atoms with Crippen molar-refractivity contribution in [1.82, 2.24) is 26.6 Å². The van der Waals surface area contributed by atoms with E-state index in [0.717, 1.165) is 0 Å². The Kier molecular flexibility index (Phi) is 15.5. The Balaban J connectivity index is 2.20. The monoisotopic (exact) mass is 669 g/mol. The lowest BCUT2D eigenvalue weighted by Gasteiger charge is -2.24. The zero-order valence-corrected chi connectivity index (χ0v) is 26.7. The number of phenols is 1. The molecule has 0 aromatic heterocycles. The first-order valence-corrected chi connectivity index (χ1v) is 15.2. The van der Waals surface area contributed by atoms with E-state index in [9.17, 15) is 43.8 Å². The molecule has 2 rings (SSSR count). The lowest BCUT2D eigenvalue weighted by molar-refractivity contribution is -0.143. The highest BCUT2D eigenvalue weighted by Crippen LogP contribution is 2.12. The van der Waals surface area contributed by atoms with Crippen LogP contribution in [-0.4, -0.2) is 88.9 Å². The van der Waals surface area contributed by atoms with Gasteiger partial charge in [0.1, 0.15) is 23.9 Å². The first kappa shape index (κ1) is 38.7. The first-order chi connectivity index (χ1) is 22.7. The fraction of sp³-hybridized carbons (Fsp3) is 0.406. The summed E-state index contributed by atoms with van der Waals surface area (Å²) in [6, 6.07) is 9.80. The van der Waals surface area contributed by atoms with Gasteiger partial charge in [-0.15, -0.1) is 0 Å². The number of carbonyl (C=O) groups is 7. The fourth-order valence-electron chi connectivity index (χ4n) is 4.41. The molecule has 0 aliphatic rings. The normalized spacial score (nSPS) is 13.2. The molecule has 260 valence electrons. The van der Waals surface area contributed by atoms with Crippen molar-refractivity contribution in [1.29, 1.82) is 0 Å². The highest BCUT2D eigenvalue weighted by atomic mass is 16.4. The zero-order valence-electron chi connectivity index (χ0n) is 26.7. The van der Waals surface area contributed by atoms with E-state index in [2.05, 4.69) is 26.6 Å². The maximum atomic E-state index is 13.6. The van der Waals surface area contributed by atoms with Gasteiger partial charge < -0.3 is 48.3 Å². The second kappa shape index (κ2) is 19.2. The van der Waals surface area contributed by atoms with Crippen LogP contribution in [0.15, 0.2) is 54.6 Å². The molecular formula is C32H43N7O9. The van der Waals surface area contributed by atoms with Gasteiger partial charge in [-0.1, -0.05) is 56.3 Å². The molecule has 11 N–H and O–H groups in total. The average molecular weight is 670 g/mol. The van der Waals surface area contributed by atoms with Crippen molar-refractivity contribution in [2.75, 3.05) is 13.1 Å². The van der Waals surface area contributed by atoms with E-state index in [4.69, 9.17) is 11.5 Å².